The summed E-state index contributed by atoms with van der Waals surface area (Å²) in [6.07, 6.45) is 2.89. The largest absolute Gasteiger partial charge is 0.455 e. The summed E-state index contributed by atoms with van der Waals surface area (Å²) in [4.78, 5) is 21.8. The van der Waals surface area contributed by atoms with Crippen LogP contribution in [0.25, 0.3) is 0 Å². The van der Waals surface area contributed by atoms with Gasteiger partial charge in [-0.05, 0) is 42.2 Å². The van der Waals surface area contributed by atoms with Crippen molar-refractivity contribution in [2.45, 2.75) is 46.1 Å². The van der Waals surface area contributed by atoms with E-state index in [0.717, 1.165) is 19.3 Å². The number of carbonyl (C=O) groups excluding carboxylic acids is 2. The van der Waals surface area contributed by atoms with Crippen molar-refractivity contribution in [3.63, 3.8) is 0 Å². The van der Waals surface area contributed by atoms with Crippen LogP contribution in [0.2, 0.25) is 0 Å². The summed E-state index contributed by atoms with van der Waals surface area (Å²) in [6, 6.07) is 0. The van der Waals surface area contributed by atoms with Crippen molar-refractivity contribution in [3.8, 4) is 0 Å². The molecule has 0 aromatic carbocycles. The quantitative estimate of drug-likeness (QED) is 0.437. The molecule has 1 aliphatic carbocycles. The summed E-state index contributed by atoms with van der Waals surface area (Å²) in [6.45, 7) is 6.37. The van der Waals surface area contributed by atoms with Crippen LogP contribution < -0.4 is 0 Å². The smallest absolute Gasteiger partial charge is 0.391 e. The molecule has 1 fully saturated rings. The molecule has 3 unspecified atom stereocenters. The number of hydrogen-bond donors (Lipinski definition) is 0. The Kier molecular flexibility index (Phi) is 4.78. The zero-order valence-electron chi connectivity index (χ0n) is 10.0. The molecule has 0 saturated heterocycles. The third-order valence-electron chi connectivity index (χ3n) is 3.38. The molecule has 0 N–H and O–H groups in total. The Bertz CT molecular complexity index is 275. The zero-order valence-corrected chi connectivity index (χ0v) is 10.8. The van der Waals surface area contributed by atoms with Crippen molar-refractivity contribution >= 4 is 22.8 Å². The number of ether oxygens (including phenoxy) is 1. The Balaban J connectivity index is 2.64. The van der Waals surface area contributed by atoms with Crippen molar-refractivity contribution in [2.24, 2.45) is 17.8 Å². The van der Waals surface area contributed by atoms with Crippen molar-refractivity contribution in [3.05, 3.63) is 0 Å². The van der Waals surface area contributed by atoms with Gasteiger partial charge in [-0.15, -0.1) is 0 Å². The molecule has 4 heteroatoms. The Hall–Kier alpha value is -0.570. The first-order chi connectivity index (χ1) is 7.41. The molecular formula is C12H19ClO3. The second-order valence-electron chi connectivity index (χ2n) is 5.04. The Morgan fingerprint density at radius 1 is 1.31 bits per heavy atom. The van der Waals surface area contributed by atoms with Crippen LogP contribution in [0.15, 0.2) is 0 Å². The standard InChI is InChI=1S/C12H19ClO3/c1-7(2)9-5-4-8(3)6-10(9)16-12(15)11(13)14/h7-10H,4-6H2,1-3H3. The Morgan fingerprint density at radius 2 is 1.94 bits per heavy atom. The minimum atomic E-state index is -1.03. The predicted octanol–water partition coefficient (Wildman–Crippen LogP) is 2.76. The van der Waals surface area contributed by atoms with E-state index in [2.05, 4.69) is 20.8 Å². The van der Waals surface area contributed by atoms with Crippen LogP contribution in [0.1, 0.15) is 40.0 Å². The Morgan fingerprint density at radius 3 is 2.44 bits per heavy atom. The molecule has 0 radical (unpaired) electrons. The van der Waals surface area contributed by atoms with Gasteiger partial charge in [-0.25, -0.2) is 4.79 Å². The summed E-state index contributed by atoms with van der Waals surface area (Å²) in [7, 11) is 0. The predicted molar refractivity (Wildman–Crippen MR) is 62.1 cm³/mol. The molecule has 3 atom stereocenters. The van der Waals surface area contributed by atoms with Gasteiger partial charge in [0, 0.05) is 0 Å². The van der Waals surface area contributed by atoms with E-state index >= 15 is 0 Å². The fourth-order valence-corrected chi connectivity index (χ4v) is 2.48. The molecule has 1 saturated carbocycles. The summed E-state index contributed by atoms with van der Waals surface area (Å²) in [5.41, 5.74) is 0. The molecule has 0 aliphatic heterocycles. The summed E-state index contributed by atoms with van der Waals surface area (Å²) in [5, 5.41) is -1.03. The average molecular weight is 247 g/mol. The third kappa shape index (κ3) is 3.48. The van der Waals surface area contributed by atoms with E-state index in [1.54, 1.807) is 0 Å². The summed E-state index contributed by atoms with van der Waals surface area (Å²) < 4.78 is 5.18. The fourth-order valence-electron chi connectivity index (χ4n) is 2.43. The van der Waals surface area contributed by atoms with Crippen molar-refractivity contribution in [2.75, 3.05) is 0 Å². The minimum Gasteiger partial charge on any atom is -0.455 e. The second-order valence-corrected chi connectivity index (χ2v) is 5.39. The highest BCUT2D eigenvalue weighted by molar-refractivity contribution is 6.80. The molecule has 1 rings (SSSR count). The van der Waals surface area contributed by atoms with Gasteiger partial charge in [0.25, 0.3) is 0 Å². The molecule has 0 heterocycles. The molecule has 16 heavy (non-hydrogen) atoms. The monoisotopic (exact) mass is 246 g/mol. The van der Waals surface area contributed by atoms with Crippen LogP contribution in [-0.4, -0.2) is 17.3 Å². The van der Waals surface area contributed by atoms with E-state index in [9.17, 15) is 9.59 Å². The number of halogens is 1. The number of esters is 1. The SMILES string of the molecule is CC1CCC(C(C)C)C(OC(=O)C(=O)Cl)C1. The first kappa shape index (κ1) is 13.5. The first-order valence-corrected chi connectivity index (χ1v) is 6.20. The van der Waals surface area contributed by atoms with Gasteiger partial charge < -0.3 is 4.74 Å². The molecular weight excluding hydrogens is 228 g/mol. The minimum absolute atomic E-state index is 0.154. The van der Waals surface area contributed by atoms with Crippen molar-refractivity contribution < 1.29 is 14.3 Å². The number of rotatable bonds is 3. The molecule has 0 aromatic heterocycles. The van der Waals surface area contributed by atoms with Crippen LogP contribution in [0.5, 0.6) is 0 Å². The van der Waals surface area contributed by atoms with Crippen LogP contribution in [-0.2, 0) is 14.3 Å². The maximum atomic E-state index is 11.2. The van der Waals surface area contributed by atoms with Crippen LogP contribution >= 0.6 is 11.6 Å². The molecule has 1 aliphatic rings. The highest BCUT2D eigenvalue weighted by Crippen LogP contribution is 2.35. The van der Waals surface area contributed by atoms with Gasteiger partial charge in [-0.3, -0.25) is 4.79 Å². The van der Waals surface area contributed by atoms with E-state index in [1.807, 2.05) is 0 Å². The van der Waals surface area contributed by atoms with Gasteiger partial charge in [-0.2, -0.15) is 0 Å². The van der Waals surface area contributed by atoms with E-state index in [0.29, 0.717) is 17.8 Å². The number of carbonyl (C=O) groups is 2. The van der Waals surface area contributed by atoms with Crippen molar-refractivity contribution in [1.29, 1.82) is 0 Å². The van der Waals surface area contributed by atoms with Crippen LogP contribution in [0, 0.1) is 17.8 Å². The van der Waals surface area contributed by atoms with Crippen LogP contribution in [0.3, 0.4) is 0 Å². The van der Waals surface area contributed by atoms with Gasteiger partial charge in [0.05, 0.1) is 0 Å². The lowest BCUT2D eigenvalue weighted by Crippen LogP contribution is -2.36. The average Bonchev–Trinajstić information content (AvgIpc) is 2.16. The molecule has 0 spiro atoms. The molecule has 0 aromatic rings. The van der Waals surface area contributed by atoms with Gasteiger partial charge in [0.2, 0.25) is 0 Å². The van der Waals surface area contributed by atoms with E-state index < -0.39 is 11.2 Å². The van der Waals surface area contributed by atoms with E-state index in [4.69, 9.17) is 16.3 Å². The second kappa shape index (κ2) is 5.67. The highest BCUT2D eigenvalue weighted by atomic mass is 35.5. The molecule has 3 nitrogen and oxygen atoms in total. The van der Waals surface area contributed by atoms with E-state index in [1.165, 1.54) is 0 Å². The lowest BCUT2D eigenvalue weighted by atomic mass is 9.75. The van der Waals surface area contributed by atoms with Crippen molar-refractivity contribution in [1.82, 2.24) is 0 Å². The molecule has 0 bridgehead atoms. The third-order valence-corrected chi connectivity index (χ3v) is 3.53. The maximum absolute atomic E-state index is 11.2. The summed E-state index contributed by atoms with van der Waals surface area (Å²) >= 11 is 5.10. The first-order valence-electron chi connectivity index (χ1n) is 5.82. The van der Waals surface area contributed by atoms with Gasteiger partial charge in [0.1, 0.15) is 6.10 Å². The Labute approximate surface area is 101 Å². The van der Waals surface area contributed by atoms with Gasteiger partial charge >= 0.3 is 11.2 Å². The van der Waals surface area contributed by atoms with Gasteiger partial charge in [0.15, 0.2) is 0 Å². The lowest BCUT2D eigenvalue weighted by molar-refractivity contribution is -0.160. The zero-order chi connectivity index (χ0) is 12.3. The van der Waals surface area contributed by atoms with Crippen LogP contribution in [0.4, 0.5) is 0 Å². The molecule has 0 amide bonds. The van der Waals surface area contributed by atoms with Gasteiger partial charge in [-0.1, -0.05) is 27.2 Å². The van der Waals surface area contributed by atoms with E-state index in [-0.39, 0.29) is 6.10 Å². The summed E-state index contributed by atoms with van der Waals surface area (Å²) in [5.74, 6) is 0.427. The maximum Gasteiger partial charge on any atom is 0.391 e. The molecule has 92 valence electrons. The number of hydrogen-bond acceptors (Lipinski definition) is 3. The normalized spacial score (nSPS) is 30.2. The highest BCUT2D eigenvalue weighted by Gasteiger charge is 2.34. The fraction of sp³-hybridized carbons (Fsp3) is 0.833. The lowest BCUT2D eigenvalue weighted by Gasteiger charge is -2.36. The topological polar surface area (TPSA) is 43.4 Å².